The van der Waals surface area contributed by atoms with E-state index in [1.807, 2.05) is 43.3 Å². The van der Waals surface area contributed by atoms with E-state index in [-0.39, 0.29) is 11.8 Å². The highest BCUT2D eigenvalue weighted by atomic mass is 79.9. The van der Waals surface area contributed by atoms with Crippen molar-refractivity contribution in [3.63, 3.8) is 0 Å². The first-order chi connectivity index (χ1) is 8.08. The van der Waals surface area contributed by atoms with Crippen molar-refractivity contribution in [1.29, 1.82) is 0 Å². The number of phenolic OH excluding ortho intramolecular Hbond substituents is 1. The molecule has 0 radical (unpaired) electrons. The summed E-state index contributed by atoms with van der Waals surface area (Å²) in [6.07, 6.45) is 0. The zero-order chi connectivity index (χ0) is 12.4. The molecular formula is C14H14BrNO. The second-order valence-corrected chi connectivity index (χ2v) is 4.99. The number of nitrogens with two attached hydrogens (primary N) is 1. The monoisotopic (exact) mass is 291 g/mol. The quantitative estimate of drug-likeness (QED) is 0.883. The summed E-state index contributed by atoms with van der Waals surface area (Å²) in [5.74, 6) is 0.275. The van der Waals surface area contributed by atoms with Crippen LogP contribution in [-0.4, -0.2) is 5.11 Å². The third-order valence-corrected chi connectivity index (χ3v) is 3.23. The van der Waals surface area contributed by atoms with Crippen LogP contribution >= 0.6 is 15.9 Å². The van der Waals surface area contributed by atoms with Gasteiger partial charge in [-0.25, -0.2) is 0 Å². The molecular weight excluding hydrogens is 278 g/mol. The fourth-order valence-electron chi connectivity index (χ4n) is 1.70. The van der Waals surface area contributed by atoms with E-state index in [1.54, 1.807) is 6.07 Å². The molecule has 17 heavy (non-hydrogen) atoms. The van der Waals surface area contributed by atoms with E-state index in [0.717, 1.165) is 21.2 Å². The summed E-state index contributed by atoms with van der Waals surface area (Å²) in [5, 5.41) is 9.89. The van der Waals surface area contributed by atoms with E-state index in [1.165, 1.54) is 0 Å². The molecule has 1 atom stereocenters. The summed E-state index contributed by atoms with van der Waals surface area (Å²) in [5.41, 5.74) is 8.65. The minimum atomic E-state index is -0.0372. The molecule has 88 valence electrons. The van der Waals surface area contributed by atoms with E-state index < -0.39 is 0 Å². The summed E-state index contributed by atoms with van der Waals surface area (Å²) in [7, 11) is 0. The SMILES string of the molecule is CC(N)c1ccc(O)c(-c2ccc(Br)cc2)c1. The molecule has 0 bridgehead atoms. The predicted molar refractivity (Wildman–Crippen MR) is 73.8 cm³/mol. The Bertz CT molecular complexity index is 520. The lowest BCUT2D eigenvalue weighted by Gasteiger charge is -2.10. The van der Waals surface area contributed by atoms with Gasteiger partial charge in [0.2, 0.25) is 0 Å². The standard InChI is InChI=1S/C14H14BrNO/c1-9(16)11-4-7-14(17)13(8-11)10-2-5-12(15)6-3-10/h2-9,17H,16H2,1H3. The van der Waals surface area contributed by atoms with E-state index in [9.17, 15) is 5.11 Å². The van der Waals surface area contributed by atoms with Crippen molar-refractivity contribution in [3.05, 3.63) is 52.5 Å². The van der Waals surface area contributed by atoms with Gasteiger partial charge >= 0.3 is 0 Å². The molecule has 0 amide bonds. The first kappa shape index (κ1) is 12.1. The fourth-order valence-corrected chi connectivity index (χ4v) is 1.96. The van der Waals surface area contributed by atoms with Crippen LogP contribution in [-0.2, 0) is 0 Å². The van der Waals surface area contributed by atoms with Gasteiger partial charge in [0.15, 0.2) is 0 Å². The number of hydrogen-bond acceptors (Lipinski definition) is 2. The van der Waals surface area contributed by atoms with Gasteiger partial charge in [-0.1, -0.05) is 34.1 Å². The first-order valence-electron chi connectivity index (χ1n) is 5.42. The molecule has 3 heteroatoms. The Morgan fingerprint density at radius 3 is 2.35 bits per heavy atom. The van der Waals surface area contributed by atoms with Crippen molar-refractivity contribution in [2.75, 3.05) is 0 Å². The molecule has 0 heterocycles. The zero-order valence-electron chi connectivity index (χ0n) is 9.52. The van der Waals surface area contributed by atoms with Gasteiger partial charge in [0.05, 0.1) is 0 Å². The number of rotatable bonds is 2. The Morgan fingerprint density at radius 2 is 1.76 bits per heavy atom. The van der Waals surface area contributed by atoms with Crippen LogP contribution in [0.25, 0.3) is 11.1 Å². The van der Waals surface area contributed by atoms with Gasteiger partial charge in [0.25, 0.3) is 0 Å². The normalized spacial score (nSPS) is 12.4. The molecule has 0 aliphatic heterocycles. The maximum absolute atomic E-state index is 9.89. The first-order valence-corrected chi connectivity index (χ1v) is 6.21. The lowest BCUT2D eigenvalue weighted by molar-refractivity contribution is 0.477. The molecule has 0 spiro atoms. The van der Waals surface area contributed by atoms with E-state index in [4.69, 9.17) is 5.73 Å². The van der Waals surface area contributed by atoms with Crippen LogP contribution in [0.1, 0.15) is 18.5 Å². The average molecular weight is 292 g/mol. The minimum Gasteiger partial charge on any atom is -0.507 e. The van der Waals surface area contributed by atoms with Crippen molar-refractivity contribution in [2.45, 2.75) is 13.0 Å². The highest BCUT2D eigenvalue weighted by Gasteiger charge is 2.07. The molecule has 0 fully saturated rings. The summed E-state index contributed by atoms with van der Waals surface area (Å²) in [6, 6.07) is 13.3. The Hall–Kier alpha value is -1.32. The van der Waals surface area contributed by atoms with Crippen molar-refractivity contribution in [2.24, 2.45) is 5.73 Å². The number of aromatic hydroxyl groups is 1. The smallest absolute Gasteiger partial charge is 0.123 e. The summed E-state index contributed by atoms with van der Waals surface area (Å²) >= 11 is 3.39. The Morgan fingerprint density at radius 1 is 1.12 bits per heavy atom. The Kier molecular flexibility index (Phi) is 3.50. The Balaban J connectivity index is 2.50. The summed E-state index contributed by atoms with van der Waals surface area (Å²) in [4.78, 5) is 0. The molecule has 0 saturated heterocycles. The third kappa shape index (κ3) is 2.68. The van der Waals surface area contributed by atoms with Crippen LogP contribution < -0.4 is 5.73 Å². The molecule has 0 aliphatic carbocycles. The minimum absolute atomic E-state index is 0.0372. The maximum atomic E-state index is 9.89. The van der Waals surface area contributed by atoms with Crippen LogP contribution in [0.5, 0.6) is 5.75 Å². The number of hydrogen-bond donors (Lipinski definition) is 2. The lowest BCUT2D eigenvalue weighted by Crippen LogP contribution is -2.04. The third-order valence-electron chi connectivity index (χ3n) is 2.70. The van der Waals surface area contributed by atoms with Gasteiger partial charge < -0.3 is 10.8 Å². The second-order valence-electron chi connectivity index (χ2n) is 4.07. The topological polar surface area (TPSA) is 46.2 Å². The number of phenols is 1. The molecule has 0 aromatic heterocycles. The van der Waals surface area contributed by atoms with Crippen LogP contribution in [0.15, 0.2) is 46.9 Å². The number of benzene rings is 2. The predicted octanol–water partition coefficient (Wildman–Crippen LogP) is 3.84. The highest BCUT2D eigenvalue weighted by molar-refractivity contribution is 9.10. The molecule has 2 aromatic carbocycles. The molecule has 1 unspecified atom stereocenters. The molecule has 0 aliphatic rings. The van der Waals surface area contributed by atoms with E-state index >= 15 is 0 Å². The van der Waals surface area contributed by atoms with Gasteiger partial charge in [0.1, 0.15) is 5.75 Å². The largest absolute Gasteiger partial charge is 0.507 e. The van der Waals surface area contributed by atoms with Gasteiger partial charge in [0, 0.05) is 16.1 Å². The van der Waals surface area contributed by atoms with Crippen molar-refractivity contribution in [3.8, 4) is 16.9 Å². The highest BCUT2D eigenvalue weighted by Crippen LogP contribution is 2.31. The van der Waals surface area contributed by atoms with Crippen LogP contribution in [0, 0.1) is 0 Å². The average Bonchev–Trinajstić information content (AvgIpc) is 2.31. The van der Waals surface area contributed by atoms with Crippen LogP contribution in [0.3, 0.4) is 0 Å². The molecule has 2 nitrogen and oxygen atoms in total. The van der Waals surface area contributed by atoms with Gasteiger partial charge in [-0.3, -0.25) is 0 Å². The Labute approximate surface area is 109 Å². The molecule has 2 rings (SSSR count). The van der Waals surface area contributed by atoms with Gasteiger partial charge in [-0.15, -0.1) is 0 Å². The summed E-state index contributed by atoms with van der Waals surface area (Å²) < 4.78 is 1.02. The molecule has 0 saturated carbocycles. The molecule has 2 aromatic rings. The summed E-state index contributed by atoms with van der Waals surface area (Å²) in [6.45, 7) is 1.93. The second kappa shape index (κ2) is 4.90. The van der Waals surface area contributed by atoms with Crippen molar-refractivity contribution < 1.29 is 5.11 Å². The van der Waals surface area contributed by atoms with Gasteiger partial charge in [-0.2, -0.15) is 0 Å². The van der Waals surface area contributed by atoms with Crippen molar-refractivity contribution >= 4 is 15.9 Å². The molecule has 3 N–H and O–H groups in total. The zero-order valence-corrected chi connectivity index (χ0v) is 11.1. The van der Waals surface area contributed by atoms with Crippen LogP contribution in [0.2, 0.25) is 0 Å². The lowest BCUT2D eigenvalue weighted by atomic mass is 9.99. The van der Waals surface area contributed by atoms with E-state index in [0.29, 0.717) is 0 Å². The van der Waals surface area contributed by atoms with Crippen LogP contribution in [0.4, 0.5) is 0 Å². The van der Waals surface area contributed by atoms with Gasteiger partial charge in [-0.05, 0) is 42.3 Å². The van der Waals surface area contributed by atoms with E-state index in [2.05, 4.69) is 15.9 Å². The fraction of sp³-hybridized carbons (Fsp3) is 0.143. The maximum Gasteiger partial charge on any atom is 0.123 e. The number of halogens is 1. The van der Waals surface area contributed by atoms with Crippen molar-refractivity contribution in [1.82, 2.24) is 0 Å².